The molecule has 1 saturated carbocycles. The van der Waals surface area contributed by atoms with E-state index in [9.17, 15) is 5.11 Å². The highest BCUT2D eigenvalue weighted by Gasteiger charge is 2.40. The Morgan fingerprint density at radius 1 is 1.58 bits per heavy atom. The summed E-state index contributed by atoms with van der Waals surface area (Å²) in [6.07, 6.45) is 7.65. The molecule has 1 fully saturated rings. The minimum absolute atomic E-state index is 0.109. The van der Waals surface area contributed by atoms with Crippen LogP contribution in [0, 0.1) is 5.41 Å². The van der Waals surface area contributed by atoms with Gasteiger partial charge in [0.25, 0.3) is 0 Å². The van der Waals surface area contributed by atoms with E-state index in [1.807, 2.05) is 4.08 Å². The van der Waals surface area contributed by atoms with Gasteiger partial charge in [0.1, 0.15) is 0 Å². The molecule has 1 rings (SSSR count). The van der Waals surface area contributed by atoms with Crippen molar-refractivity contribution in [3.05, 3.63) is 10.2 Å². The molecule has 0 aliphatic heterocycles. The van der Waals surface area contributed by atoms with Crippen LogP contribution in [0.25, 0.3) is 0 Å². The first-order chi connectivity index (χ1) is 5.75. The third-order valence-electron chi connectivity index (χ3n) is 3.21. The fourth-order valence-electron chi connectivity index (χ4n) is 1.98. The van der Waals surface area contributed by atoms with E-state index < -0.39 is 0 Å². The van der Waals surface area contributed by atoms with Gasteiger partial charge in [0.2, 0.25) is 0 Å². The fourth-order valence-corrected chi connectivity index (χ4v) is 2.28. The standard InChI is InChI=1S/C10H17IO/c1-2-10(6-4-7-10)9(12)5-3-8-11/h3,8-9,12H,2,4-7H2,1H3/b8-3+. The Kier molecular flexibility index (Phi) is 4.03. The van der Waals surface area contributed by atoms with E-state index in [2.05, 4.69) is 35.6 Å². The van der Waals surface area contributed by atoms with Gasteiger partial charge in [-0.1, -0.05) is 42.0 Å². The molecule has 0 heterocycles. The highest BCUT2D eigenvalue weighted by atomic mass is 127. The summed E-state index contributed by atoms with van der Waals surface area (Å²) in [5, 5.41) is 9.90. The molecule has 12 heavy (non-hydrogen) atoms. The summed E-state index contributed by atoms with van der Waals surface area (Å²) in [5.74, 6) is 0. The van der Waals surface area contributed by atoms with Crippen LogP contribution >= 0.6 is 22.6 Å². The van der Waals surface area contributed by atoms with Crippen molar-refractivity contribution in [1.82, 2.24) is 0 Å². The smallest absolute Gasteiger partial charge is 0.0630 e. The molecule has 0 aromatic rings. The second-order valence-corrected chi connectivity index (χ2v) is 4.40. The van der Waals surface area contributed by atoms with Crippen molar-refractivity contribution >= 4 is 22.6 Å². The van der Waals surface area contributed by atoms with E-state index in [1.54, 1.807) is 0 Å². The van der Waals surface area contributed by atoms with Crippen molar-refractivity contribution in [3.63, 3.8) is 0 Å². The van der Waals surface area contributed by atoms with E-state index in [1.165, 1.54) is 19.3 Å². The number of rotatable bonds is 4. The van der Waals surface area contributed by atoms with E-state index in [4.69, 9.17) is 0 Å². The highest BCUT2D eigenvalue weighted by molar-refractivity contribution is 14.1. The Morgan fingerprint density at radius 3 is 2.58 bits per heavy atom. The Labute approximate surface area is 88.4 Å². The summed E-state index contributed by atoms with van der Waals surface area (Å²) in [5.41, 5.74) is 0.274. The van der Waals surface area contributed by atoms with Crippen LogP contribution in [-0.4, -0.2) is 11.2 Å². The number of aliphatic hydroxyl groups excluding tert-OH is 1. The molecule has 70 valence electrons. The summed E-state index contributed by atoms with van der Waals surface area (Å²) >= 11 is 2.20. The number of hydrogen-bond acceptors (Lipinski definition) is 1. The van der Waals surface area contributed by atoms with Gasteiger partial charge in [0.15, 0.2) is 0 Å². The molecule has 0 aromatic carbocycles. The van der Waals surface area contributed by atoms with Gasteiger partial charge in [-0.05, 0) is 35.2 Å². The molecule has 1 aliphatic rings. The van der Waals surface area contributed by atoms with Crippen LogP contribution in [0.4, 0.5) is 0 Å². The molecule has 0 amide bonds. The summed E-state index contributed by atoms with van der Waals surface area (Å²) < 4.78 is 1.99. The molecule has 1 unspecified atom stereocenters. The molecular weight excluding hydrogens is 263 g/mol. The lowest BCUT2D eigenvalue weighted by Gasteiger charge is -2.45. The van der Waals surface area contributed by atoms with Crippen molar-refractivity contribution in [3.8, 4) is 0 Å². The third kappa shape index (κ3) is 2.02. The molecule has 2 heteroatoms. The van der Waals surface area contributed by atoms with Gasteiger partial charge >= 0.3 is 0 Å². The lowest BCUT2D eigenvalue weighted by molar-refractivity contribution is -0.0354. The van der Waals surface area contributed by atoms with Gasteiger partial charge in [0, 0.05) is 0 Å². The predicted molar refractivity (Wildman–Crippen MR) is 60.4 cm³/mol. The molecule has 1 N–H and O–H groups in total. The van der Waals surface area contributed by atoms with Crippen LogP contribution in [0.3, 0.4) is 0 Å². The van der Waals surface area contributed by atoms with Crippen LogP contribution in [0.1, 0.15) is 39.0 Å². The fraction of sp³-hybridized carbons (Fsp3) is 0.800. The van der Waals surface area contributed by atoms with E-state index in [0.717, 1.165) is 12.8 Å². The Hall–Kier alpha value is 0.430. The predicted octanol–water partition coefficient (Wildman–Crippen LogP) is 3.27. The van der Waals surface area contributed by atoms with Crippen molar-refractivity contribution in [2.75, 3.05) is 0 Å². The van der Waals surface area contributed by atoms with Gasteiger partial charge in [-0.25, -0.2) is 0 Å². The molecule has 0 saturated heterocycles. The van der Waals surface area contributed by atoms with Crippen LogP contribution in [0.15, 0.2) is 10.2 Å². The maximum absolute atomic E-state index is 9.90. The van der Waals surface area contributed by atoms with Gasteiger partial charge in [-0.2, -0.15) is 0 Å². The second kappa shape index (κ2) is 4.61. The third-order valence-corrected chi connectivity index (χ3v) is 3.72. The van der Waals surface area contributed by atoms with E-state index in [0.29, 0.717) is 0 Å². The first-order valence-electron chi connectivity index (χ1n) is 4.68. The van der Waals surface area contributed by atoms with Gasteiger partial charge < -0.3 is 5.11 Å². The first kappa shape index (κ1) is 10.5. The molecular formula is C10H17IO. The van der Waals surface area contributed by atoms with Crippen molar-refractivity contribution < 1.29 is 5.11 Å². The monoisotopic (exact) mass is 280 g/mol. The molecule has 0 spiro atoms. The first-order valence-corrected chi connectivity index (χ1v) is 5.93. The quantitative estimate of drug-likeness (QED) is 0.784. The SMILES string of the molecule is CCC1(C(O)C/C=C/I)CCC1. The molecule has 1 atom stereocenters. The van der Waals surface area contributed by atoms with Crippen molar-refractivity contribution in [2.45, 2.75) is 45.1 Å². The number of hydrogen-bond donors (Lipinski definition) is 1. The maximum Gasteiger partial charge on any atom is 0.0630 e. The summed E-state index contributed by atoms with van der Waals surface area (Å²) in [4.78, 5) is 0. The Bertz CT molecular complexity index is 156. The minimum atomic E-state index is -0.109. The van der Waals surface area contributed by atoms with Gasteiger partial charge in [-0.15, -0.1) is 0 Å². The topological polar surface area (TPSA) is 20.2 Å². The summed E-state index contributed by atoms with van der Waals surface area (Å²) in [6.45, 7) is 2.19. The Balaban J connectivity index is 2.42. The van der Waals surface area contributed by atoms with Crippen LogP contribution in [-0.2, 0) is 0 Å². The van der Waals surface area contributed by atoms with Crippen LogP contribution < -0.4 is 0 Å². The molecule has 1 aliphatic carbocycles. The van der Waals surface area contributed by atoms with E-state index in [-0.39, 0.29) is 11.5 Å². The number of aliphatic hydroxyl groups is 1. The minimum Gasteiger partial charge on any atom is -0.392 e. The molecule has 0 radical (unpaired) electrons. The highest BCUT2D eigenvalue weighted by Crippen LogP contribution is 2.47. The molecule has 0 aromatic heterocycles. The van der Waals surface area contributed by atoms with Crippen LogP contribution in [0.2, 0.25) is 0 Å². The Morgan fingerprint density at radius 2 is 2.25 bits per heavy atom. The average Bonchev–Trinajstić information content (AvgIpc) is 2.00. The molecule has 1 nitrogen and oxygen atoms in total. The van der Waals surface area contributed by atoms with Gasteiger partial charge in [-0.3, -0.25) is 0 Å². The maximum atomic E-state index is 9.90. The van der Waals surface area contributed by atoms with Crippen molar-refractivity contribution in [1.29, 1.82) is 0 Å². The summed E-state index contributed by atoms with van der Waals surface area (Å²) in [7, 11) is 0. The average molecular weight is 280 g/mol. The van der Waals surface area contributed by atoms with Crippen LogP contribution in [0.5, 0.6) is 0 Å². The van der Waals surface area contributed by atoms with Crippen molar-refractivity contribution in [2.24, 2.45) is 5.41 Å². The number of halogens is 1. The van der Waals surface area contributed by atoms with Gasteiger partial charge in [0.05, 0.1) is 6.10 Å². The molecule has 0 bridgehead atoms. The lowest BCUT2D eigenvalue weighted by atomic mass is 9.63. The zero-order valence-electron chi connectivity index (χ0n) is 7.59. The zero-order valence-corrected chi connectivity index (χ0v) is 9.75. The second-order valence-electron chi connectivity index (χ2n) is 3.68. The zero-order chi connectivity index (χ0) is 9.03. The van der Waals surface area contributed by atoms with E-state index >= 15 is 0 Å². The largest absolute Gasteiger partial charge is 0.392 e. The normalized spacial score (nSPS) is 23.9. The summed E-state index contributed by atoms with van der Waals surface area (Å²) in [6, 6.07) is 0. The lowest BCUT2D eigenvalue weighted by Crippen LogP contribution is -2.40.